The Morgan fingerprint density at radius 1 is 1.07 bits per heavy atom. The van der Waals surface area contributed by atoms with Gasteiger partial charge in [0.25, 0.3) is 0 Å². The van der Waals surface area contributed by atoms with Crippen LogP contribution in [0.3, 0.4) is 0 Å². The van der Waals surface area contributed by atoms with Gasteiger partial charge in [0.2, 0.25) is 5.91 Å². The lowest BCUT2D eigenvalue weighted by Crippen LogP contribution is -2.49. The number of fused-ring (bicyclic) bond motifs is 4. The highest BCUT2D eigenvalue weighted by Crippen LogP contribution is 2.50. The predicted molar refractivity (Wildman–Crippen MR) is 110 cm³/mol. The van der Waals surface area contributed by atoms with Crippen LogP contribution in [-0.2, 0) is 27.2 Å². The van der Waals surface area contributed by atoms with E-state index in [0.29, 0.717) is 17.2 Å². The molecule has 0 aromatic carbocycles. The van der Waals surface area contributed by atoms with Crippen LogP contribution in [0.15, 0.2) is 0 Å². The van der Waals surface area contributed by atoms with Crippen molar-refractivity contribution in [1.82, 2.24) is 0 Å². The van der Waals surface area contributed by atoms with E-state index in [1.807, 2.05) is 6.92 Å². The molecule has 1 amide bonds. The molecular weight excluding hydrogens is 390 g/mol. The number of rotatable bonds is 6. The maximum Gasteiger partial charge on any atom is 0.341 e. The third-order valence-corrected chi connectivity index (χ3v) is 8.06. The molecule has 0 unspecified atom stereocenters. The monoisotopic (exact) mass is 419 g/mol. The summed E-state index contributed by atoms with van der Waals surface area (Å²) in [5.41, 5.74) is 1.51. The lowest BCUT2D eigenvalue weighted by Gasteiger charge is -2.45. The van der Waals surface area contributed by atoms with Gasteiger partial charge in [0, 0.05) is 4.88 Å². The van der Waals surface area contributed by atoms with Gasteiger partial charge in [-0.2, -0.15) is 0 Å². The van der Waals surface area contributed by atoms with Gasteiger partial charge in [-0.05, 0) is 75.2 Å². The lowest BCUT2D eigenvalue weighted by molar-refractivity contribution is -0.156. The van der Waals surface area contributed by atoms with E-state index in [1.165, 1.54) is 11.3 Å². The standard InChI is InChI=1S/C22H29NO5S/c1-2-11-28-22(27)18-14-5-3-4-6-15(14)29-20(18)23-19(24)16-12-7-9-13(10-8-12)17(16)21(25)26/h12-13,16-17H,2-11H2,1H3,(H,23,24)(H,25,26)/t12?,13?,16-,17-/m0/s1. The largest absolute Gasteiger partial charge is 0.481 e. The van der Waals surface area contributed by atoms with Crippen LogP contribution in [0.1, 0.15) is 72.7 Å². The van der Waals surface area contributed by atoms with Crippen molar-refractivity contribution in [2.24, 2.45) is 23.7 Å². The van der Waals surface area contributed by atoms with Crippen LogP contribution >= 0.6 is 11.3 Å². The number of carbonyl (C=O) groups is 3. The fraction of sp³-hybridized carbons (Fsp3) is 0.682. The Kier molecular flexibility index (Phi) is 5.95. The Balaban J connectivity index is 1.61. The molecule has 0 aliphatic heterocycles. The van der Waals surface area contributed by atoms with E-state index in [4.69, 9.17) is 4.74 Å². The fourth-order valence-electron chi connectivity index (χ4n) is 5.51. The van der Waals surface area contributed by atoms with Crippen molar-refractivity contribution in [3.8, 4) is 0 Å². The molecule has 2 N–H and O–H groups in total. The van der Waals surface area contributed by atoms with Gasteiger partial charge >= 0.3 is 11.9 Å². The van der Waals surface area contributed by atoms with E-state index in [2.05, 4.69) is 5.32 Å². The highest BCUT2D eigenvalue weighted by atomic mass is 32.1. The molecule has 4 aliphatic rings. The highest BCUT2D eigenvalue weighted by Gasteiger charge is 2.50. The van der Waals surface area contributed by atoms with E-state index >= 15 is 0 Å². The summed E-state index contributed by atoms with van der Waals surface area (Å²) in [7, 11) is 0. The van der Waals surface area contributed by atoms with Crippen molar-refractivity contribution < 1.29 is 24.2 Å². The van der Waals surface area contributed by atoms with Crippen LogP contribution in [0.25, 0.3) is 0 Å². The molecule has 1 aromatic heterocycles. The molecule has 3 saturated carbocycles. The average molecular weight is 420 g/mol. The number of nitrogens with one attached hydrogen (secondary N) is 1. The molecule has 1 aromatic rings. The summed E-state index contributed by atoms with van der Waals surface area (Å²) >= 11 is 1.47. The zero-order valence-corrected chi connectivity index (χ0v) is 17.7. The summed E-state index contributed by atoms with van der Waals surface area (Å²) in [6.45, 7) is 2.30. The topological polar surface area (TPSA) is 92.7 Å². The van der Waals surface area contributed by atoms with E-state index in [9.17, 15) is 19.5 Å². The van der Waals surface area contributed by atoms with Gasteiger partial charge in [-0.3, -0.25) is 9.59 Å². The Hall–Kier alpha value is -1.89. The number of ether oxygens (including phenoxy) is 1. The molecule has 5 rings (SSSR count). The number of carboxylic acid groups (broad SMARTS) is 1. The van der Waals surface area contributed by atoms with Gasteiger partial charge in [0.1, 0.15) is 5.00 Å². The maximum absolute atomic E-state index is 13.3. The van der Waals surface area contributed by atoms with Crippen molar-refractivity contribution in [2.75, 3.05) is 11.9 Å². The number of carbonyl (C=O) groups excluding carboxylic acids is 2. The number of aliphatic carboxylic acids is 1. The summed E-state index contributed by atoms with van der Waals surface area (Å²) in [6, 6.07) is 0. The van der Waals surface area contributed by atoms with Crippen molar-refractivity contribution in [2.45, 2.75) is 64.7 Å². The first kappa shape index (κ1) is 20.4. The number of aryl methyl sites for hydroxylation is 1. The first-order valence-corrected chi connectivity index (χ1v) is 11.7. The second kappa shape index (κ2) is 8.46. The van der Waals surface area contributed by atoms with Crippen LogP contribution in [0.5, 0.6) is 0 Å². The molecule has 158 valence electrons. The Morgan fingerprint density at radius 3 is 2.38 bits per heavy atom. The molecule has 0 saturated heterocycles. The average Bonchev–Trinajstić information content (AvgIpc) is 3.09. The molecule has 3 fully saturated rings. The number of hydrogen-bond donors (Lipinski definition) is 2. The van der Waals surface area contributed by atoms with Crippen molar-refractivity contribution in [3.63, 3.8) is 0 Å². The minimum atomic E-state index is -0.868. The minimum absolute atomic E-state index is 0.0822. The summed E-state index contributed by atoms with van der Waals surface area (Å²) in [5.74, 6) is -2.42. The van der Waals surface area contributed by atoms with Gasteiger partial charge in [-0.1, -0.05) is 6.92 Å². The van der Waals surface area contributed by atoms with Crippen LogP contribution < -0.4 is 5.32 Å². The molecule has 0 spiro atoms. The van der Waals surface area contributed by atoms with Crippen molar-refractivity contribution in [3.05, 3.63) is 16.0 Å². The molecule has 0 radical (unpaired) electrons. The van der Waals surface area contributed by atoms with Crippen LogP contribution in [0.2, 0.25) is 0 Å². The van der Waals surface area contributed by atoms with Crippen LogP contribution in [-0.4, -0.2) is 29.6 Å². The first-order valence-electron chi connectivity index (χ1n) is 10.9. The van der Waals surface area contributed by atoms with Gasteiger partial charge in [-0.15, -0.1) is 11.3 Å². The van der Waals surface area contributed by atoms with Gasteiger partial charge in [0.05, 0.1) is 24.0 Å². The van der Waals surface area contributed by atoms with E-state index in [1.54, 1.807) is 0 Å². The third kappa shape index (κ3) is 3.81. The zero-order chi connectivity index (χ0) is 20.5. The number of esters is 1. The predicted octanol–water partition coefficient (Wildman–Crippen LogP) is 4.27. The smallest absolute Gasteiger partial charge is 0.341 e. The van der Waals surface area contributed by atoms with E-state index in [0.717, 1.165) is 68.2 Å². The first-order chi connectivity index (χ1) is 14.0. The summed E-state index contributed by atoms with van der Waals surface area (Å²) in [4.78, 5) is 39.1. The van der Waals surface area contributed by atoms with Crippen molar-refractivity contribution in [1.29, 1.82) is 0 Å². The molecule has 7 heteroatoms. The van der Waals surface area contributed by atoms with Crippen LogP contribution in [0, 0.1) is 23.7 Å². The van der Waals surface area contributed by atoms with Gasteiger partial charge in [-0.25, -0.2) is 4.79 Å². The minimum Gasteiger partial charge on any atom is -0.481 e. The maximum atomic E-state index is 13.3. The number of hydrogen-bond acceptors (Lipinski definition) is 5. The number of anilines is 1. The quantitative estimate of drug-likeness (QED) is 0.672. The lowest BCUT2D eigenvalue weighted by atomic mass is 9.58. The Bertz CT molecular complexity index is 808. The van der Waals surface area contributed by atoms with Crippen molar-refractivity contribution >= 4 is 34.2 Å². The number of amides is 1. The zero-order valence-electron chi connectivity index (χ0n) is 16.9. The normalized spacial score (nSPS) is 27.9. The second-order valence-corrected chi connectivity index (χ2v) is 9.71. The Labute approximate surface area is 175 Å². The molecule has 1 heterocycles. The second-order valence-electron chi connectivity index (χ2n) is 8.60. The molecule has 6 nitrogen and oxygen atoms in total. The number of thiophene rings is 1. The fourth-order valence-corrected chi connectivity index (χ4v) is 6.79. The van der Waals surface area contributed by atoms with Gasteiger partial charge < -0.3 is 15.2 Å². The molecule has 2 bridgehead atoms. The Morgan fingerprint density at radius 2 is 1.72 bits per heavy atom. The van der Waals surface area contributed by atoms with Gasteiger partial charge in [0.15, 0.2) is 0 Å². The highest BCUT2D eigenvalue weighted by molar-refractivity contribution is 7.17. The SMILES string of the molecule is CCCOC(=O)c1c(NC(=O)[C@H]2C3CCC(CC3)[C@@H]2C(=O)O)sc2c1CCCC2. The summed E-state index contributed by atoms with van der Waals surface area (Å²) in [6.07, 6.45) is 8.21. The molecular formula is C22H29NO5S. The van der Waals surface area contributed by atoms with E-state index < -0.39 is 17.8 Å². The van der Waals surface area contributed by atoms with Crippen LogP contribution in [0.4, 0.5) is 5.00 Å². The number of carboxylic acids is 1. The molecule has 2 atom stereocenters. The van der Waals surface area contributed by atoms with E-state index in [-0.39, 0.29) is 23.7 Å². The third-order valence-electron chi connectivity index (χ3n) is 6.86. The summed E-state index contributed by atoms with van der Waals surface area (Å²) < 4.78 is 5.40. The molecule has 4 aliphatic carbocycles. The summed E-state index contributed by atoms with van der Waals surface area (Å²) in [5, 5.41) is 13.3. The molecule has 29 heavy (non-hydrogen) atoms.